The molecule has 0 aromatic heterocycles. The van der Waals surface area contributed by atoms with Crippen LogP contribution >= 0.6 is 22.6 Å². The van der Waals surface area contributed by atoms with E-state index in [9.17, 15) is 13.5 Å². The standard InChI is InChI=1S/C10H7IO4S/c11-8-5-6-3-1-2-4-7(6)9(12)10(8)16(13,14)15/h1-5,12H,(H,13,14,15). The summed E-state index contributed by atoms with van der Waals surface area (Å²) < 4.78 is 31.5. The van der Waals surface area contributed by atoms with Crippen LogP contribution in [0, 0.1) is 3.57 Å². The average molecular weight is 350 g/mol. The van der Waals surface area contributed by atoms with Gasteiger partial charge in [0.1, 0.15) is 10.6 Å². The highest BCUT2D eigenvalue weighted by atomic mass is 127. The first-order valence-electron chi connectivity index (χ1n) is 4.29. The third kappa shape index (κ3) is 1.87. The summed E-state index contributed by atoms with van der Waals surface area (Å²) in [5, 5.41) is 10.9. The van der Waals surface area contributed by atoms with E-state index in [1.165, 1.54) is 0 Å². The number of phenols is 1. The van der Waals surface area contributed by atoms with Crippen molar-refractivity contribution in [2.24, 2.45) is 0 Å². The minimum absolute atomic E-state index is 0.288. The summed E-state index contributed by atoms with van der Waals surface area (Å²) in [6.45, 7) is 0. The first kappa shape index (κ1) is 11.6. The van der Waals surface area contributed by atoms with Gasteiger partial charge in [-0.05, 0) is 34.0 Å². The lowest BCUT2D eigenvalue weighted by Crippen LogP contribution is -2.01. The number of aromatic hydroxyl groups is 1. The van der Waals surface area contributed by atoms with Gasteiger partial charge in [0.05, 0.1) is 0 Å². The van der Waals surface area contributed by atoms with Gasteiger partial charge < -0.3 is 5.11 Å². The number of halogens is 1. The molecule has 0 bridgehead atoms. The van der Waals surface area contributed by atoms with Gasteiger partial charge in [-0.1, -0.05) is 24.3 Å². The third-order valence-corrected chi connectivity index (χ3v) is 4.33. The Labute approximate surface area is 106 Å². The first-order chi connectivity index (χ1) is 7.41. The maximum absolute atomic E-state index is 11.1. The van der Waals surface area contributed by atoms with Crippen LogP contribution in [0.1, 0.15) is 0 Å². The molecule has 16 heavy (non-hydrogen) atoms. The molecular weight excluding hydrogens is 343 g/mol. The first-order valence-corrected chi connectivity index (χ1v) is 6.81. The van der Waals surface area contributed by atoms with Crippen LogP contribution in [0.4, 0.5) is 0 Å². The molecule has 0 unspecified atom stereocenters. The maximum atomic E-state index is 11.1. The van der Waals surface area contributed by atoms with Crippen molar-refractivity contribution in [3.63, 3.8) is 0 Å². The van der Waals surface area contributed by atoms with Gasteiger partial charge in [0, 0.05) is 8.96 Å². The molecule has 0 radical (unpaired) electrons. The summed E-state index contributed by atoms with van der Waals surface area (Å²) in [6.07, 6.45) is 0. The monoisotopic (exact) mass is 350 g/mol. The second-order valence-corrected chi connectivity index (χ2v) is 5.75. The van der Waals surface area contributed by atoms with E-state index in [-0.39, 0.29) is 3.57 Å². The minimum atomic E-state index is -4.41. The number of hydrogen-bond donors (Lipinski definition) is 2. The van der Waals surface area contributed by atoms with Crippen LogP contribution in [-0.4, -0.2) is 18.1 Å². The normalized spacial score (nSPS) is 11.9. The smallest absolute Gasteiger partial charge is 0.299 e. The van der Waals surface area contributed by atoms with E-state index in [0.29, 0.717) is 5.39 Å². The van der Waals surface area contributed by atoms with Gasteiger partial charge in [-0.25, -0.2) is 0 Å². The van der Waals surface area contributed by atoms with E-state index in [4.69, 9.17) is 4.55 Å². The molecule has 2 aromatic rings. The third-order valence-electron chi connectivity index (χ3n) is 2.19. The predicted molar refractivity (Wildman–Crippen MR) is 68.1 cm³/mol. The maximum Gasteiger partial charge on any atom is 0.299 e. The number of rotatable bonds is 1. The average Bonchev–Trinajstić information content (AvgIpc) is 2.15. The lowest BCUT2D eigenvalue weighted by Gasteiger charge is -2.07. The second-order valence-electron chi connectivity index (χ2n) is 3.23. The predicted octanol–water partition coefficient (Wildman–Crippen LogP) is 2.40. The molecule has 2 N–H and O–H groups in total. The molecule has 6 heteroatoms. The van der Waals surface area contributed by atoms with Gasteiger partial charge in [0.2, 0.25) is 0 Å². The molecule has 0 saturated carbocycles. The molecule has 0 aliphatic rings. The fourth-order valence-electron chi connectivity index (χ4n) is 1.52. The summed E-state index contributed by atoms with van der Waals surface area (Å²) in [4.78, 5) is -0.438. The Balaban J connectivity index is 2.98. The Kier molecular flexibility index (Phi) is 2.81. The SMILES string of the molecule is O=S(=O)(O)c1c(I)cc2ccccc2c1O. The van der Waals surface area contributed by atoms with Crippen molar-refractivity contribution in [2.45, 2.75) is 4.90 Å². The Hall–Kier alpha value is -0.860. The lowest BCUT2D eigenvalue weighted by atomic mass is 10.1. The lowest BCUT2D eigenvalue weighted by molar-refractivity contribution is 0.447. The van der Waals surface area contributed by atoms with Crippen molar-refractivity contribution in [1.82, 2.24) is 0 Å². The Morgan fingerprint density at radius 1 is 1.19 bits per heavy atom. The van der Waals surface area contributed by atoms with Gasteiger partial charge >= 0.3 is 0 Å². The van der Waals surface area contributed by atoms with Crippen LogP contribution in [0.25, 0.3) is 10.8 Å². The van der Waals surface area contributed by atoms with Crippen molar-refractivity contribution < 1.29 is 18.1 Å². The van der Waals surface area contributed by atoms with Crippen LogP contribution in [0.15, 0.2) is 35.2 Å². The Bertz CT molecular complexity index is 664. The molecule has 0 spiro atoms. The molecular formula is C10H7IO4S. The van der Waals surface area contributed by atoms with E-state index in [0.717, 1.165) is 5.39 Å². The molecule has 0 heterocycles. The summed E-state index contributed by atoms with van der Waals surface area (Å²) >= 11 is 1.76. The van der Waals surface area contributed by atoms with E-state index >= 15 is 0 Å². The molecule has 84 valence electrons. The van der Waals surface area contributed by atoms with Gasteiger partial charge in [-0.2, -0.15) is 8.42 Å². The van der Waals surface area contributed by atoms with E-state index in [1.807, 2.05) is 0 Å². The minimum Gasteiger partial charge on any atom is -0.506 e. The van der Waals surface area contributed by atoms with Crippen molar-refractivity contribution in [1.29, 1.82) is 0 Å². The summed E-state index contributed by atoms with van der Waals surface area (Å²) in [6, 6.07) is 8.41. The summed E-state index contributed by atoms with van der Waals surface area (Å²) in [5.41, 5.74) is 0. The van der Waals surface area contributed by atoms with Gasteiger partial charge in [-0.15, -0.1) is 0 Å². The zero-order valence-electron chi connectivity index (χ0n) is 7.88. The largest absolute Gasteiger partial charge is 0.506 e. The van der Waals surface area contributed by atoms with Crippen LogP contribution in [0.2, 0.25) is 0 Å². The molecule has 2 aromatic carbocycles. The molecule has 0 amide bonds. The van der Waals surface area contributed by atoms with E-state index in [2.05, 4.69) is 0 Å². The van der Waals surface area contributed by atoms with E-state index < -0.39 is 20.8 Å². The number of phenolic OH excluding ortho intramolecular Hbond substituents is 1. The topological polar surface area (TPSA) is 74.6 Å². The fraction of sp³-hybridized carbons (Fsp3) is 0. The molecule has 0 saturated heterocycles. The van der Waals surface area contributed by atoms with Crippen molar-refractivity contribution in [3.05, 3.63) is 33.9 Å². The summed E-state index contributed by atoms with van der Waals surface area (Å²) in [5.74, 6) is -0.412. The molecule has 2 rings (SSSR count). The highest BCUT2D eigenvalue weighted by molar-refractivity contribution is 14.1. The highest BCUT2D eigenvalue weighted by Crippen LogP contribution is 2.35. The molecule has 0 aliphatic carbocycles. The van der Waals surface area contributed by atoms with Crippen LogP contribution in [0.3, 0.4) is 0 Å². The quantitative estimate of drug-likeness (QED) is 0.612. The number of benzene rings is 2. The van der Waals surface area contributed by atoms with Gasteiger partial charge in [0.15, 0.2) is 0 Å². The molecule has 0 atom stereocenters. The zero-order valence-corrected chi connectivity index (χ0v) is 10.9. The van der Waals surface area contributed by atoms with Crippen molar-refractivity contribution in [2.75, 3.05) is 0 Å². The molecule has 4 nitrogen and oxygen atoms in total. The number of fused-ring (bicyclic) bond motifs is 1. The molecule has 0 fully saturated rings. The van der Waals surface area contributed by atoms with Crippen molar-refractivity contribution >= 4 is 43.5 Å². The van der Waals surface area contributed by atoms with Crippen molar-refractivity contribution in [3.8, 4) is 5.75 Å². The highest BCUT2D eigenvalue weighted by Gasteiger charge is 2.21. The van der Waals surface area contributed by atoms with Crippen LogP contribution < -0.4 is 0 Å². The van der Waals surface area contributed by atoms with Gasteiger partial charge in [-0.3, -0.25) is 4.55 Å². The Morgan fingerprint density at radius 3 is 2.44 bits per heavy atom. The molecule has 0 aliphatic heterocycles. The van der Waals surface area contributed by atoms with E-state index in [1.54, 1.807) is 52.9 Å². The van der Waals surface area contributed by atoms with Crippen LogP contribution in [0.5, 0.6) is 5.75 Å². The summed E-state index contributed by atoms with van der Waals surface area (Å²) in [7, 11) is -4.41. The fourth-order valence-corrected chi connectivity index (χ4v) is 3.61. The zero-order chi connectivity index (χ0) is 11.9. The second kappa shape index (κ2) is 3.86. The van der Waals surface area contributed by atoms with Gasteiger partial charge in [0.25, 0.3) is 10.1 Å². The van der Waals surface area contributed by atoms with Crippen LogP contribution in [-0.2, 0) is 10.1 Å². The Morgan fingerprint density at radius 2 is 1.81 bits per heavy atom. The number of hydrogen-bond acceptors (Lipinski definition) is 3.